The Balaban J connectivity index is 4.22. The fraction of sp³-hybridized carbons (Fsp3) is 0.818. The molecule has 0 heterocycles. The Labute approximate surface area is 77.0 Å². The maximum Gasteiger partial charge on any atom is -0.00114 e. The summed E-state index contributed by atoms with van der Waals surface area (Å²) in [5, 5.41) is 0. The molecule has 1 atom stereocenters. The van der Waals surface area contributed by atoms with E-state index in [1.54, 1.807) is 0 Å². The topological polar surface area (TPSA) is 26.0 Å². The first-order chi connectivity index (χ1) is 5.43. The zero-order valence-corrected chi connectivity index (χ0v) is 8.98. The largest absolute Gasteiger partial charge is 0.330 e. The number of nitrogens with two attached hydrogens (primary N) is 1. The SMILES string of the molecule is C=C(C(CN)CCC)C(C)(C)C. The third-order valence-corrected chi connectivity index (χ3v) is 2.38. The van der Waals surface area contributed by atoms with Crippen LogP contribution in [0.3, 0.4) is 0 Å². The summed E-state index contributed by atoms with van der Waals surface area (Å²) in [6.45, 7) is 13.7. The highest BCUT2D eigenvalue weighted by Gasteiger charge is 2.21. The molecule has 2 N–H and O–H groups in total. The third kappa shape index (κ3) is 3.40. The maximum atomic E-state index is 5.70. The van der Waals surface area contributed by atoms with Crippen molar-refractivity contribution in [2.45, 2.75) is 40.5 Å². The Kier molecular flexibility index (Phi) is 4.54. The van der Waals surface area contributed by atoms with Gasteiger partial charge in [-0.25, -0.2) is 0 Å². The van der Waals surface area contributed by atoms with Gasteiger partial charge in [-0.15, -0.1) is 0 Å². The van der Waals surface area contributed by atoms with E-state index in [1.807, 2.05) is 0 Å². The van der Waals surface area contributed by atoms with Gasteiger partial charge in [-0.05, 0) is 24.3 Å². The van der Waals surface area contributed by atoms with Crippen LogP contribution in [0.4, 0.5) is 0 Å². The minimum Gasteiger partial charge on any atom is -0.330 e. The zero-order valence-electron chi connectivity index (χ0n) is 8.98. The molecule has 0 aliphatic carbocycles. The Hall–Kier alpha value is -0.300. The fourth-order valence-electron chi connectivity index (χ4n) is 1.40. The van der Waals surface area contributed by atoms with Crippen LogP contribution in [0.15, 0.2) is 12.2 Å². The van der Waals surface area contributed by atoms with Crippen LogP contribution in [-0.4, -0.2) is 6.54 Å². The molecule has 0 amide bonds. The molecule has 1 nitrogen and oxygen atoms in total. The van der Waals surface area contributed by atoms with E-state index >= 15 is 0 Å². The minimum absolute atomic E-state index is 0.208. The van der Waals surface area contributed by atoms with Crippen LogP contribution in [0, 0.1) is 11.3 Å². The molecule has 0 saturated carbocycles. The molecule has 1 heteroatoms. The van der Waals surface area contributed by atoms with Gasteiger partial charge in [0.1, 0.15) is 0 Å². The highest BCUT2D eigenvalue weighted by Crippen LogP contribution is 2.31. The first-order valence-corrected chi connectivity index (χ1v) is 4.82. The summed E-state index contributed by atoms with van der Waals surface area (Å²) in [5.74, 6) is 0.509. The summed E-state index contributed by atoms with van der Waals surface area (Å²) in [6, 6.07) is 0. The van der Waals surface area contributed by atoms with Crippen molar-refractivity contribution in [3.8, 4) is 0 Å². The molecule has 0 aromatic heterocycles. The molecule has 0 rings (SSSR count). The van der Waals surface area contributed by atoms with Gasteiger partial charge >= 0.3 is 0 Å². The third-order valence-electron chi connectivity index (χ3n) is 2.38. The molecule has 72 valence electrons. The van der Waals surface area contributed by atoms with Crippen LogP contribution >= 0.6 is 0 Å². The highest BCUT2D eigenvalue weighted by atomic mass is 14.6. The summed E-state index contributed by atoms with van der Waals surface area (Å²) in [6.07, 6.45) is 2.36. The second-order valence-corrected chi connectivity index (χ2v) is 4.50. The summed E-state index contributed by atoms with van der Waals surface area (Å²) in [7, 11) is 0. The molecule has 1 unspecified atom stereocenters. The van der Waals surface area contributed by atoms with E-state index in [0.29, 0.717) is 5.92 Å². The number of hydrogen-bond acceptors (Lipinski definition) is 1. The molecule has 0 aromatic carbocycles. The molecule has 0 fully saturated rings. The van der Waals surface area contributed by atoms with Crippen molar-refractivity contribution in [1.82, 2.24) is 0 Å². The molecular weight excluding hydrogens is 146 g/mol. The van der Waals surface area contributed by atoms with E-state index < -0.39 is 0 Å². The van der Waals surface area contributed by atoms with E-state index in [9.17, 15) is 0 Å². The van der Waals surface area contributed by atoms with Crippen molar-refractivity contribution >= 4 is 0 Å². The van der Waals surface area contributed by atoms with Crippen LogP contribution < -0.4 is 5.73 Å². The van der Waals surface area contributed by atoms with Crippen LogP contribution in [0.1, 0.15) is 40.5 Å². The van der Waals surface area contributed by atoms with Crippen molar-refractivity contribution in [1.29, 1.82) is 0 Å². The highest BCUT2D eigenvalue weighted by molar-refractivity contribution is 5.10. The molecule has 0 saturated heterocycles. The zero-order chi connectivity index (χ0) is 9.78. The lowest BCUT2D eigenvalue weighted by atomic mass is 9.78. The molecule has 0 radical (unpaired) electrons. The van der Waals surface area contributed by atoms with Crippen molar-refractivity contribution < 1.29 is 0 Å². The second kappa shape index (κ2) is 4.66. The lowest BCUT2D eigenvalue weighted by molar-refractivity contribution is 0.409. The van der Waals surface area contributed by atoms with Crippen molar-refractivity contribution in [3.05, 3.63) is 12.2 Å². The van der Waals surface area contributed by atoms with Gasteiger partial charge in [-0.2, -0.15) is 0 Å². The number of hydrogen-bond donors (Lipinski definition) is 1. The van der Waals surface area contributed by atoms with Gasteiger partial charge in [0, 0.05) is 0 Å². The average molecular weight is 169 g/mol. The lowest BCUT2D eigenvalue weighted by Crippen LogP contribution is -2.23. The molecule has 12 heavy (non-hydrogen) atoms. The molecule has 0 spiro atoms. The Morgan fingerprint density at radius 1 is 1.42 bits per heavy atom. The summed E-state index contributed by atoms with van der Waals surface area (Å²) < 4.78 is 0. The predicted octanol–water partition coefficient (Wildman–Crippen LogP) is 2.96. The Morgan fingerprint density at radius 3 is 2.17 bits per heavy atom. The lowest BCUT2D eigenvalue weighted by Gasteiger charge is -2.28. The van der Waals surface area contributed by atoms with E-state index in [0.717, 1.165) is 6.54 Å². The van der Waals surface area contributed by atoms with E-state index in [1.165, 1.54) is 18.4 Å². The van der Waals surface area contributed by atoms with Gasteiger partial charge < -0.3 is 5.73 Å². The van der Waals surface area contributed by atoms with Gasteiger partial charge in [0.25, 0.3) is 0 Å². The standard InChI is InChI=1S/C11H23N/c1-6-7-10(8-12)9(2)11(3,4)5/h10H,2,6-8,12H2,1,3-5H3. The maximum absolute atomic E-state index is 5.70. The van der Waals surface area contributed by atoms with Crippen LogP contribution in [-0.2, 0) is 0 Å². The van der Waals surface area contributed by atoms with Crippen LogP contribution in [0.2, 0.25) is 0 Å². The first kappa shape index (κ1) is 11.7. The van der Waals surface area contributed by atoms with Crippen molar-refractivity contribution in [3.63, 3.8) is 0 Å². The normalized spacial score (nSPS) is 14.4. The molecule has 0 aromatic rings. The van der Waals surface area contributed by atoms with Gasteiger partial charge in [0.05, 0.1) is 0 Å². The van der Waals surface area contributed by atoms with Crippen molar-refractivity contribution in [2.24, 2.45) is 17.1 Å². The van der Waals surface area contributed by atoms with Crippen LogP contribution in [0.5, 0.6) is 0 Å². The molecule has 0 bridgehead atoms. The summed E-state index contributed by atoms with van der Waals surface area (Å²) in [4.78, 5) is 0. The average Bonchev–Trinajstić information content (AvgIpc) is 1.97. The second-order valence-electron chi connectivity index (χ2n) is 4.50. The minimum atomic E-state index is 0.208. The molecule has 0 aliphatic heterocycles. The smallest absolute Gasteiger partial charge is 0.00114 e. The van der Waals surface area contributed by atoms with Gasteiger partial charge in [-0.3, -0.25) is 0 Å². The quantitative estimate of drug-likeness (QED) is 0.643. The summed E-state index contributed by atoms with van der Waals surface area (Å²) >= 11 is 0. The predicted molar refractivity (Wildman–Crippen MR) is 56.0 cm³/mol. The van der Waals surface area contributed by atoms with Crippen molar-refractivity contribution in [2.75, 3.05) is 6.54 Å². The molecule has 0 aliphatic rings. The van der Waals surface area contributed by atoms with E-state index in [-0.39, 0.29) is 5.41 Å². The van der Waals surface area contributed by atoms with Gasteiger partial charge in [0.15, 0.2) is 0 Å². The number of rotatable bonds is 4. The fourth-order valence-corrected chi connectivity index (χ4v) is 1.40. The van der Waals surface area contributed by atoms with Gasteiger partial charge in [-0.1, -0.05) is 46.3 Å². The first-order valence-electron chi connectivity index (χ1n) is 4.82. The van der Waals surface area contributed by atoms with E-state index in [4.69, 9.17) is 5.73 Å². The Bertz CT molecular complexity index is 142. The monoisotopic (exact) mass is 169 g/mol. The molecular formula is C11H23N. The van der Waals surface area contributed by atoms with Crippen LogP contribution in [0.25, 0.3) is 0 Å². The van der Waals surface area contributed by atoms with Gasteiger partial charge in [0.2, 0.25) is 0 Å². The van der Waals surface area contributed by atoms with E-state index in [2.05, 4.69) is 34.3 Å². The Morgan fingerprint density at radius 2 is 1.92 bits per heavy atom. The summed E-state index contributed by atoms with van der Waals surface area (Å²) in [5.41, 5.74) is 7.20.